The molecule has 0 radical (unpaired) electrons. The predicted molar refractivity (Wildman–Crippen MR) is 59.3 cm³/mol. The van der Waals surface area contributed by atoms with Gasteiger partial charge < -0.3 is 4.74 Å². The molecule has 0 bridgehead atoms. The zero-order chi connectivity index (χ0) is 10.9. The Bertz CT molecular complexity index is 288. The van der Waals surface area contributed by atoms with E-state index in [1.54, 1.807) is 0 Å². The first-order valence-corrected chi connectivity index (χ1v) is 5.00. The largest absolute Gasteiger partial charge is 0.381 e. The lowest BCUT2D eigenvalue weighted by Gasteiger charge is -2.07. The quantitative estimate of drug-likeness (QED) is 0.551. The molecule has 0 unspecified atom stereocenters. The molecule has 1 amide bonds. The molecule has 0 fully saturated rings. The number of amides is 1. The van der Waals surface area contributed by atoms with Crippen molar-refractivity contribution in [3.05, 3.63) is 30.3 Å². The minimum absolute atomic E-state index is 0.0766. The van der Waals surface area contributed by atoms with Crippen molar-refractivity contribution in [3.8, 4) is 0 Å². The van der Waals surface area contributed by atoms with Gasteiger partial charge in [0.15, 0.2) is 0 Å². The lowest BCUT2D eigenvalue weighted by molar-refractivity contribution is -0.121. The van der Waals surface area contributed by atoms with E-state index in [0.29, 0.717) is 19.6 Å². The molecule has 15 heavy (non-hydrogen) atoms. The Hall–Kier alpha value is -1.55. The summed E-state index contributed by atoms with van der Waals surface area (Å²) < 4.78 is 5.07. The van der Waals surface area contributed by atoms with Crippen LogP contribution in [0, 0.1) is 0 Å². The fraction of sp³-hybridized carbons (Fsp3) is 0.364. The molecular formula is C11H16N2O2. The number of ether oxygens (including phenoxy) is 1. The number of benzene rings is 1. The zero-order valence-electron chi connectivity index (χ0n) is 8.82. The zero-order valence-corrected chi connectivity index (χ0v) is 8.82. The molecule has 2 N–H and O–H groups in total. The molecule has 0 saturated heterocycles. The fourth-order valence-corrected chi connectivity index (χ4v) is 1.04. The monoisotopic (exact) mass is 208 g/mol. The molecule has 4 heteroatoms. The van der Waals surface area contributed by atoms with Crippen molar-refractivity contribution in [3.63, 3.8) is 0 Å². The maximum atomic E-state index is 11.2. The van der Waals surface area contributed by atoms with Crippen molar-refractivity contribution >= 4 is 11.6 Å². The molecule has 0 aliphatic carbocycles. The van der Waals surface area contributed by atoms with E-state index >= 15 is 0 Å². The van der Waals surface area contributed by atoms with Crippen molar-refractivity contribution in [2.75, 3.05) is 18.6 Å². The van der Waals surface area contributed by atoms with Gasteiger partial charge in [0.1, 0.15) is 0 Å². The Kier molecular flexibility index (Phi) is 5.25. The first-order chi connectivity index (χ1) is 7.33. The van der Waals surface area contributed by atoms with Gasteiger partial charge >= 0.3 is 0 Å². The molecule has 0 saturated carbocycles. The van der Waals surface area contributed by atoms with Gasteiger partial charge in [0, 0.05) is 6.61 Å². The number of nitrogens with one attached hydrogen (secondary N) is 2. The van der Waals surface area contributed by atoms with Gasteiger partial charge in [-0.2, -0.15) is 0 Å². The van der Waals surface area contributed by atoms with Crippen LogP contribution < -0.4 is 10.9 Å². The number of hydrogen-bond acceptors (Lipinski definition) is 3. The van der Waals surface area contributed by atoms with Crippen molar-refractivity contribution in [2.24, 2.45) is 0 Å². The van der Waals surface area contributed by atoms with Crippen LogP contribution in [0.1, 0.15) is 13.3 Å². The maximum absolute atomic E-state index is 11.2. The molecule has 0 spiro atoms. The van der Waals surface area contributed by atoms with Gasteiger partial charge in [-0.15, -0.1) is 0 Å². The van der Waals surface area contributed by atoms with E-state index in [2.05, 4.69) is 10.9 Å². The highest BCUT2D eigenvalue weighted by atomic mass is 16.5. The van der Waals surface area contributed by atoms with E-state index in [1.807, 2.05) is 37.3 Å². The summed E-state index contributed by atoms with van der Waals surface area (Å²) in [4.78, 5) is 11.2. The van der Waals surface area contributed by atoms with Gasteiger partial charge in [-0.1, -0.05) is 18.2 Å². The molecule has 82 valence electrons. The summed E-state index contributed by atoms with van der Waals surface area (Å²) in [5.41, 5.74) is 6.27. The predicted octanol–water partition coefficient (Wildman–Crippen LogP) is 1.56. The Labute approximate surface area is 89.6 Å². The molecular weight excluding hydrogens is 192 g/mol. The lowest BCUT2D eigenvalue weighted by atomic mass is 10.3. The highest BCUT2D eigenvalue weighted by molar-refractivity contribution is 5.77. The number of hydrogen-bond donors (Lipinski definition) is 2. The Morgan fingerprint density at radius 3 is 2.73 bits per heavy atom. The number of rotatable bonds is 6. The van der Waals surface area contributed by atoms with Gasteiger partial charge in [-0.3, -0.25) is 15.6 Å². The van der Waals surface area contributed by atoms with Crippen LogP contribution >= 0.6 is 0 Å². The van der Waals surface area contributed by atoms with Crippen LogP contribution in [-0.4, -0.2) is 19.1 Å². The van der Waals surface area contributed by atoms with E-state index in [0.717, 1.165) is 5.69 Å². The first-order valence-electron chi connectivity index (χ1n) is 5.00. The average molecular weight is 208 g/mol. The summed E-state index contributed by atoms with van der Waals surface area (Å²) in [6, 6.07) is 9.47. The van der Waals surface area contributed by atoms with E-state index in [4.69, 9.17) is 4.74 Å². The Morgan fingerprint density at radius 2 is 2.07 bits per heavy atom. The Balaban J connectivity index is 2.17. The van der Waals surface area contributed by atoms with Gasteiger partial charge in [0.25, 0.3) is 0 Å². The summed E-state index contributed by atoms with van der Waals surface area (Å²) >= 11 is 0. The second-order valence-electron chi connectivity index (χ2n) is 2.99. The number of hydrazine groups is 1. The van der Waals surface area contributed by atoms with Crippen LogP contribution in [0.5, 0.6) is 0 Å². The van der Waals surface area contributed by atoms with Crippen LogP contribution in [0.4, 0.5) is 5.69 Å². The van der Waals surface area contributed by atoms with Crippen LogP contribution in [0.3, 0.4) is 0 Å². The summed E-state index contributed by atoms with van der Waals surface area (Å²) in [6.45, 7) is 3.00. The smallest absolute Gasteiger partial charge is 0.240 e. The summed E-state index contributed by atoms with van der Waals surface area (Å²) in [5, 5.41) is 0. The molecule has 4 nitrogen and oxygen atoms in total. The van der Waals surface area contributed by atoms with E-state index in [-0.39, 0.29) is 5.91 Å². The second-order valence-corrected chi connectivity index (χ2v) is 2.99. The average Bonchev–Trinajstić information content (AvgIpc) is 2.28. The minimum atomic E-state index is -0.0766. The third-order valence-corrected chi connectivity index (χ3v) is 1.80. The van der Waals surface area contributed by atoms with Crippen molar-refractivity contribution in [1.82, 2.24) is 5.43 Å². The molecule has 1 aromatic carbocycles. The normalized spacial score (nSPS) is 9.67. The summed E-state index contributed by atoms with van der Waals surface area (Å²) in [5.74, 6) is -0.0766. The summed E-state index contributed by atoms with van der Waals surface area (Å²) in [6.07, 6.45) is 0.369. The number of para-hydroxylation sites is 1. The molecule has 0 aliphatic heterocycles. The van der Waals surface area contributed by atoms with Crippen LogP contribution in [-0.2, 0) is 9.53 Å². The van der Waals surface area contributed by atoms with E-state index in [9.17, 15) is 4.79 Å². The molecule has 0 atom stereocenters. The molecule has 0 heterocycles. The van der Waals surface area contributed by atoms with Gasteiger partial charge in [0.2, 0.25) is 5.91 Å². The van der Waals surface area contributed by atoms with Gasteiger partial charge in [-0.25, -0.2) is 0 Å². The van der Waals surface area contributed by atoms with Crippen LogP contribution in [0.15, 0.2) is 30.3 Å². The van der Waals surface area contributed by atoms with E-state index < -0.39 is 0 Å². The standard InChI is InChI=1S/C11H16N2O2/c1-2-15-9-8-11(14)13-12-10-6-4-3-5-7-10/h3-7,12H,2,8-9H2,1H3,(H,13,14). The fourth-order valence-electron chi connectivity index (χ4n) is 1.04. The molecule has 0 aliphatic rings. The molecule has 1 aromatic rings. The SMILES string of the molecule is CCOCCC(=O)NNc1ccccc1. The third kappa shape index (κ3) is 5.02. The number of carbonyl (C=O) groups excluding carboxylic acids is 1. The topological polar surface area (TPSA) is 50.4 Å². The van der Waals surface area contributed by atoms with Crippen LogP contribution in [0.2, 0.25) is 0 Å². The van der Waals surface area contributed by atoms with E-state index in [1.165, 1.54) is 0 Å². The van der Waals surface area contributed by atoms with Gasteiger partial charge in [0.05, 0.1) is 18.7 Å². The first kappa shape index (κ1) is 11.5. The molecule has 1 rings (SSSR count). The Morgan fingerprint density at radius 1 is 1.33 bits per heavy atom. The summed E-state index contributed by atoms with van der Waals surface area (Å²) in [7, 11) is 0. The number of carbonyl (C=O) groups is 1. The second kappa shape index (κ2) is 6.84. The molecule has 0 aromatic heterocycles. The maximum Gasteiger partial charge on any atom is 0.240 e. The van der Waals surface area contributed by atoms with Crippen LogP contribution in [0.25, 0.3) is 0 Å². The highest BCUT2D eigenvalue weighted by Crippen LogP contribution is 2.02. The highest BCUT2D eigenvalue weighted by Gasteiger charge is 1.99. The van der Waals surface area contributed by atoms with Crippen molar-refractivity contribution in [1.29, 1.82) is 0 Å². The number of anilines is 1. The lowest BCUT2D eigenvalue weighted by Crippen LogP contribution is -2.30. The van der Waals surface area contributed by atoms with Crippen molar-refractivity contribution < 1.29 is 9.53 Å². The third-order valence-electron chi connectivity index (χ3n) is 1.80. The van der Waals surface area contributed by atoms with Gasteiger partial charge in [-0.05, 0) is 19.1 Å². The van der Waals surface area contributed by atoms with Crippen molar-refractivity contribution in [2.45, 2.75) is 13.3 Å². The minimum Gasteiger partial charge on any atom is -0.381 e.